The van der Waals surface area contributed by atoms with Crippen LogP contribution in [0.3, 0.4) is 0 Å². The fourth-order valence-electron chi connectivity index (χ4n) is 4.16. The van der Waals surface area contributed by atoms with Crippen molar-refractivity contribution in [3.05, 3.63) is 127 Å². The minimum atomic E-state index is -1.07. The van der Waals surface area contributed by atoms with Gasteiger partial charge in [-0.25, -0.2) is 9.59 Å². The van der Waals surface area contributed by atoms with E-state index in [2.05, 4.69) is 9.97 Å². The van der Waals surface area contributed by atoms with Gasteiger partial charge in [0.2, 0.25) is 0 Å². The molecule has 0 saturated carbocycles. The fourth-order valence-corrected chi connectivity index (χ4v) is 4.41. The van der Waals surface area contributed by atoms with Crippen LogP contribution in [0.15, 0.2) is 94.5 Å². The summed E-state index contributed by atoms with van der Waals surface area (Å²) in [5.41, 5.74) is 1.68. The van der Waals surface area contributed by atoms with Crippen LogP contribution in [0.5, 0.6) is 0 Å². The summed E-state index contributed by atoms with van der Waals surface area (Å²) in [4.78, 5) is 51.6. The van der Waals surface area contributed by atoms with Gasteiger partial charge in [0, 0.05) is 33.0 Å². The number of fused-ring (bicyclic) bond motifs is 2. The monoisotopic (exact) mass is 576 g/mol. The number of pyridine rings is 2. The summed E-state index contributed by atoms with van der Waals surface area (Å²) in [6.07, 6.45) is 0. The van der Waals surface area contributed by atoms with Gasteiger partial charge in [0.25, 0.3) is 11.1 Å². The van der Waals surface area contributed by atoms with Crippen LogP contribution in [0.1, 0.15) is 21.0 Å². The van der Waals surface area contributed by atoms with E-state index in [4.69, 9.17) is 33.4 Å². The third kappa shape index (κ3) is 5.13. The molecule has 0 amide bonds. The summed E-state index contributed by atoms with van der Waals surface area (Å²) in [5, 5.41) is 20.5. The highest BCUT2D eigenvalue weighted by atomic mass is 35.5. The summed E-state index contributed by atoms with van der Waals surface area (Å²) in [5.74, 6) is -2.15. The second kappa shape index (κ2) is 10.6. The van der Waals surface area contributed by atoms with Crippen molar-refractivity contribution in [2.75, 3.05) is 0 Å². The van der Waals surface area contributed by atoms with E-state index in [9.17, 15) is 19.2 Å². The molecular formula is C28H18Cl2N4O6. The molecule has 4 N–H and O–H groups in total. The first-order valence-electron chi connectivity index (χ1n) is 11.6. The number of carbonyl (C=O) groups is 2. The first-order valence-corrected chi connectivity index (χ1v) is 12.4. The molecule has 6 aromatic rings. The molecule has 4 heterocycles. The van der Waals surface area contributed by atoms with E-state index in [-0.39, 0.29) is 22.5 Å². The largest absolute Gasteiger partial charge is 0.477 e. The molecule has 12 heteroatoms. The molecule has 0 saturated heterocycles. The number of H-pyrrole nitrogens is 2. The van der Waals surface area contributed by atoms with Gasteiger partial charge in [0.05, 0.1) is 11.4 Å². The summed E-state index contributed by atoms with van der Waals surface area (Å²) in [6.45, 7) is 0. The molecule has 6 rings (SSSR count). The normalized spacial score (nSPS) is 10.8. The molecule has 0 unspecified atom stereocenters. The van der Waals surface area contributed by atoms with E-state index in [0.717, 1.165) is 0 Å². The predicted octanol–water partition coefficient (Wildman–Crippen LogP) is 5.34. The predicted molar refractivity (Wildman–Crippen MR) is 152 cm³/mol. The Morgan fingerprint density at radius 3 is 1.25 bits per heavy atom. The Labute approximate surface area is 234 Å². The van der Waals surface area contributed by atoms with Crippen molar-refractivity contribution < 1.29 is 19.8 Å². The maximum atomic E-state index is 12.1. The third-order valence-corrected chi connectivity index (χ3v) is 6.49. The van der Waals surface area contributed by atoms with Gasteiger partial charge in [0.1, 0.15) is 22.7 Å². The average molecular weight is 577 g/mol. The van der Waals surface area contributed by atoms with Gasteiger partial charge in [-0.05, 0) is 72.8 Å². The second-order valence-electron chi connectivity index (χ2n) is 8.55. The van der Waals surface area contributed by atoms with E-state index in [1.165, 1.54) is 33.4 Å². The van der Waals surface area contributed by atoms with Gasteiger partial charge in [-0.2, -0.15) is 0 Å². The second-order valence-corrected chi connectivity index (χ2v) is 9.42. The number of rotatable bonds is 4. The van der Waals surface area contributed by atoms with Crippen LogP contribution < -0.4 is 11.1 Å². The number of hydrogen-bond acceptors (Lipinski definition) is 4. The molecule has 10 nitrogen and oxygen atoms in total. The van der Waals surface area contributed by atoms with Crippen LogP contribution in [0.25, 0.3) is 33.4 Å². The molecule has 0 aliphatic heterocycles. The Bertz CT molecular complexity index is 1870. The minimum Gasteiger partial charge on any atom is -0.477 e. The number of aromatic nitrogens is 4. The quantitative estimate of drug-likeness (QED) is 0.222. The Morgan fingerprint density at radius 2 is 0.925 bits per heavy atom. The number of aromatic amines is 2. The van der Waals surface area contributed by atoms with Crippen LogP contribution >= 0.6 is 23.2 Å². The maximum absolute atomic E-state index is 12.1. The number of carboxylic acid groups (broad SMARTS) is 2. The van der Waals surface area contributed by atoms with E-state index >= 15 is 0 Å². The van der Waals surface area contributed by atoms with Crippen molar-refractivity contribution >= 4 is 57.2 Å². The van der Waals surface area contributed by atoms with Crippen molar-refractivity contribution in [1.82, 2.24) is 19.1 Å². The van der Waals surface area contributed by atoms with Gasteiger partial charge in [-0.15, -0.1) is 0 Å². The third-order valence-electron chi connectivity index (χ3n) is 5.98. The molecule has 0 radical (unpaired) electrons. The van der Waals surface area contributed by atoms with Gasteiger partial charge >= 0.3 is 11.9 Å². The number of halogens is 2. The van der Waals surface area contributed by atoms with Crippen LogP contribution in [0.4, 0.5) is 0 Å². The van der Waals surface area contributed by atoms with Crippen molar-refractivity contribution in [2.45, 2.75) is 0 Å². The highest BCUT2D eigenvalue weighted by molar-refractivity contribution is 6.30. The molecule has 0 spiro atoms. The smallest absolute Gasteiger partial charge is 0.352 e. The highest BCUT2D eigenvalue weighted by Crippen LogP contribution is 2.20. The molecule has 0 bridgehead atoms. The van der Waals surface area contributed by atoms with Crippen LogP contribution in [-0.2, 0) is 0 Å². The Morgan fingerprint density at radius 1 is 0.575 bits per heavy atom. The summed E-state index contributed by atoms with van der Waals surface area (Å²) in [6, 6.07) is 22.4. The van der Waals surface area contributed by atoms with E-state index in [1.54, 1.807) is 60.7 Å². The summed E-state index contributed by atoms with van der Waals surface area (Å²) < 4.78 is 2.83. The fraction of sp³-hybridized carbons (Fsp3) is 0. The summed E-state index contributed by atoms with van der Waals surface area (Å²) in [7, 11) is 0. The van der Waals surface area contributed by atoms with E-state index in [1.807, 2.05) is 0 Å². The minimum absolute atomic E-state index is 0.0355. The lowest BCUT2D eigenvalue weighted by Crippen LogP contribution is -2.17. The standard InChI is InChI=1S/2C14H9ClN2O3/c2*15-9-2-4-10(5-3-9)17-12(18)6-1-8-7-11(14(19)20)16-13(8)17/h2*1-7,16H,(H,19,20). The molecular weight excluding hydrogens is 559 g/mol. The molecule has 0 aliphatic rings. The van der Waals surface area contributed by atoms with Gasteiger partial charge in [-0.1, -0.05) is 23.2 Å². The van der Waals surface area contributed by atoms with E-state index < -0.39 is 11.9 Å². The van der Waals surface area contributed by atoms with Gasteiger partial charge < -0.3 is 20.2 Å². The first-order chi connectivity index (χ1) is 19.1. The molecule has 200 valence electrons. The number of nitrogens with zero attached hydrogens (tertiary/aromatic N) is 2. The Balaban J connectivity index is 0.000000161. The topological polar surface area (TPSA) is 150 Å². The SMILES string of the molecule is O=C(O)c1cc2ccc(=O)n(-c3ccc(Cl)cc3)c2[nH]1.O=C(O)c1cc2ccc(=O)n(-c3ccc(Cl)cc3)c2[nH]1. The number of benzene rings is 2. The lowest BCUT2D eigenvalue weighted by atomic mass is 10.2. The Hall–Kier alpha value is -5.06. The van der Waals surface area contributed by atoms with Crippen molar-refractivity contribution in [1.29, 1.82) is 0 Å². The first kappa shape index (κ1) is 26.5. The van der Waals surface area contributed by atoms with E-state index in [0.29, 0.717) is 43.5 Å². The van der Waals surface area contributed by atoms with Crippen LogP contribution in [-0.4, -0.2) is 41.3 Å². The molecule has 0 fully saturated rings. The summed E-state index contributed by atoms with van der Waals surface area (Å²) >= 11 is 11.7. The van der Waals surface area contributed by atoms with Crippen molar-refractivity contribution in [3.8, 4) is 11.4 Å². The molecule has 0 atom stereocenters. The molecule has 4 aromatic heterocycles. The van der Waals surface area contributed by atoms with Crippen molar-refractivity contribution in [2.24, 2.45) is 0 Å². The number of hydrogen-bond donors (Lipinski definition) is 4. The number of carboxylic acids is 2. The zero-order valence-electron chi connectivity index (χ0n) is 20.3. The highest BCUT2D eigenvalue weighted by Gasteiger charge is 2.13. The van der Waals surface area contributed by atoms with Crippen LogP contribution in [0, 0.1) is 0 Å². The number of aromatic carboxylic acids is 2. The number of nitrogens with one attached hydrogen (secondary N) is 2. The molecule has 40 heavy (non-hydrogen) atoms. The zero-order valence-corrected chi connectivity index (χ0v) is 21.8. The zero-order chi connectivity index (χ0) is 28.6. The lowest BCUT2D eigenvalue weighted by molar-refractivity contribution is 0.0681. The van der Waals surface area contributed by atoms with Crippen LogP contribution in [0.2, 0.25) is 10.0 Å². The lowest BCUT2D eigenvalue weighted by Gasteiger charge is -2.07. The average Bonchev–Trinajstić information content (AvgIpc) is 3.56. The van der Waals surface area contributed by atoms with Gasteiger partial charge in [0.15, 0.2) is 0 Å². The van der Waals surface area contributed by atoms with Gasteiger partial charge in [-0.3, -0.25) is 18.7 Å². The maximum Gasteiger partial charge on any atom is 0.352 e. The molecule has 0 aliphatic carbocycles. The van der Waals surface area contributed by atoms with Crippen molar-refractivity contribution in [3.63, 3.8) is 0 Å². The molecule has 2 aromatic carbocycles. The Kier molecular flexibility index (Phi) is 7.03.